The SMILES string of the molecule is COCCCCN(CC(=O)Nc1ccc(-c2ccccc2S(N)(=O)=O)cc1)c1cccc(C(=N)N)c1. The Bertz CT molecular complexity index is 1310. The Morgan fingerprint density at radius 1 is 1.03 bits per heavy atom. The van der Waals surface area contributed by atoms with Gasteiger partial charge in [0.25, 0.3) is 0 Å². The first kappa shape index (κ1) is 26.9. The summed E-state index contributed by atoms with van der Waals surface area (Å²) in [4.78, 5) is 14.9. The first-order valence-electron chi connectivity index (χ1n) is 11.4. The largest absolute Gasteiger partial charge is 0.385 e. The molecule has 0 aromatic heterocycles. The smallest absolute Gasteiger partial charge is 0.243 e. The van der Waals surface area contributed by atoms with E-state index < -0.39 is 10.0 Å². The molecule has 9 nitrogen and oxygen atoms in total. The number of sulfonamides is 1. The van der Waals surface area contributed by atoms with Crippen molar-refractivity contribution in [1.29, 1.82) is 5.41 Å². The second kappa shape index (κ2) is 12.3. The molecule has 0 aliphatic heterocycles. The first-order valence-corrected chi connectivity index (χ1v) is 12.9. The molecule has 1 amide bonds. The Labute approximate surface area is 211 Å². The molecule has 0 atom stereocenters. The molecular formula is C26H31N5O4S. The van der Waals surface area contributed by atoms with Crippen LogP contribution < -0.4 is 21.1 Å². The van der Waals surface area contributed by atoms with Gasteiger partial charge in [0.2, 0.25) is 15.9 Å². The summed E-state index contributed by atoms with van der Waals surface area (Å²) >= 11 is 0. The number of primary sulfonamides is 1. The molecule has 0 heterocycles. The van der Waals surface area contributed by atoms with E-state index in [1.165, 1.54) is 6.07 Å². The van der Waals surface area contributed by atoms with Crippen molar-refractivity contribution in [3.63, 3.8) is 0 Å². The predicted octanol–water partition coefficient (Wildman–Crippen LogP) is 3.16. The lowest BCUT2D eigenvalue weighted by molar-refractivity contribution is -0.115. The summed E-state index contributed by atoms with van der Waals surface area (Å²) in [7, 11) is -2.22. The summed E-state index contributed by atoms with van der Waals surface area (Å²) < 4.78 is 29.0. The van der Waals surface area contributed by atoms with E-state index in [1.807, 2.05) is 17.0 Å². The number of rotatable bonds is 12. The van der Waals surface area contributed by atoms with Crippen molar-refractivity contribution in [2.75, 3.05) is 37.0 Å². The molecule has 0 fully saturated rings. The zero-order chi connectivity index (χ0) is 26.1. The molecule has 190 valence electrons. The molecule has 3 aromatic carbocycles. The number of nitrogens with two attached hydrogens (primary N) is 2. The van der Waals surface area contributed by atoms with Gasteiger partial charge in [-0.05, 0) is 48.7 Å². The summed E-state index contributed by atoms with van der Waals surface area (Å²) in [6.07, 6.45) is 1.67. The third-order valence-electron chi connectivity index (χ3n) is 5.56. The number of amidine groups is 1. The maximum atomic E-state index is 12.9. The summed E-state index contributed by atoms with van der Waals surface area (Å²) in [6, 6.07) is 20.6. The summed E-state index contributed by atoms with van der Waals surface area (Å²) in [5.74, 6) is -0.252. The van der Waals surface area contributed by atoms with Crippen LogP contribution in [0.1, 0.15) is 18.4 Å². The van der Waals surface area contributed by atoms with Crippen molar-refractivity contribution >= 4 is 33.1 Å². The number of unbranched alkanes of at least 4 members (excludes halogenated alkanes) is 1. The maximum absolute atomic E-state index is 12.9. The number of anilines is 2. The van der Waals surface area contributed by atoms with E-state index in [4.69, 9.17) is 21.0 Å². The van der Waals surface area contributed by atoms with Gasteiger partial charge in [0.1, 0.15) is 5.84 Å². The Kier molecular flexibility index (Phi) is 9.18. The number of amides is 1. The Morgan fingerprint density at radius 2 is 1.75 bits per heavy atom. The second-order valence-electron chi connectivity index (χ2n) is 8.25. The van der Waals surface area contributed by atoms with Crippen molar-refractivity contribution in [2.24, 2.45) is 10.9 Å². The van der Waals surface area contributed by atoms with Crippen LogP contribution in [0.4, 0.5) is 11.4 Å². The van der Waals surface area contributed by atoms with E-state index in [-0.39, 0.29) is 23.2 Å². The quantitative estimate of drug-likeness (QED) is 0.167. The van der Waals surface area contributed by atoms with Crippen molar-refractivity contribution in [2.45, 2.75) is 17.7 Å². The van der Waals surface area contributed by atoms with Gasteiger partial charge in [-0.15, -0.1) is 0 Å². The molecule has 6 N–H and O–H groups in total. The van der Waals surface area contributed by atoms with Crippen LogP contribution in [0.25, 0.3) is 11.1 Å². The van der Waals surface area contributed by atoms with Gasteiger partial charge in [0.05, 0.1) is 11.4 Å². The number of carbonyl (C=O) groups is 1. The fourth-order valence-electron chi connectivity index (χ4n) is 3.78. The van der Waals surface area contributed by atoms with Crippen molar-refractivity contribution in [1.82, 2.24) is 0 Å². The molecule has 0 spiro atoms. The molecule has 36 heavy (non-hydrogen) atoms. The molecule has 0 saturated carbocycles. The van der Waals surface area contributed by atoms with E-state index in [0.29, 0.717) is 35.5 Å². The summed E-state index contributed by atoms with van der Waals surface area (Å²) in [5, 5.41) is 15.9. The van der Waals surface area contributed by atoms with Crippen LogP contribution in [0.2, 0.25) is 0 Å². The van der Waals surface area contributed by atoms with E-state index in [9.17, 15) is 13.2 Å². The minimum atomic E-state index is -3.87. The third-order valence-corrected chi connectivity index (χ3v) is 6.53. The number of ether oxygens (including phenoxy) is 1. The van der Waals surface area contributed by atoms with Gasteiger partial charge in [-0.3, -0.25) is 10.2 Å². The van der Waals surface area contributed by atoms with E-state index >= 15 is 0 Å². The standard InChI is InChI=1S/C26H31N5O4S/c1-35-16-5-4-15-31(22-8-6-7-20(17-22)26(27)28)18-25(32)30-21-13-11-19(12-14-21)23-9-2-3-10-24(23)36(29,33)34/h2-3,6-14,17H,4-5,15-16,18H2,1H3,(H3,27,28)(H,30,32)(H2,29,33,34). The van der Waals surface area contributed by atoms with Crippen LogP contribution in [0.3, 0.4) is 0 Å². The highest BCUT2D eigenvalue weighted by Crippen LogP contribution is 2.27. The van der Waals surface area contributed by atoms with Crippen molar-refractivity contribution < 1.29 is 17.9 Å². The zero-order valence-electron chi connectivity index (χ0n) is 20.1. The number of nitrogens with one attached hydrogen (secondary N) is 2. The van der Waals surface area contributed by atoms with Gasteiger partial charge < -0.3 is 20.7 Å². The van der Waals surface area contributed by atoms with Crippen LogP contribution in [-0.4, -0.2) is 47.0 Å². The number of carbonyl (C=O) groups excluding carboxylic acids is 1. The summed E-state index contributed by atoms with van der Waals surface area (Å²) in [6.45, 7) is 1.36. The van der Waals surface area contributed by atoms with Crippen LogP contribution in [0, 0.1) is 5.41 Å². The van der Waals surface area contributed by atoms with Crippen LogP contribution >= 0.6 is 0 Å². The Balaban J connectivity index is 1.73. The number of hydrogen-bond donors (Lipinski definition) is 4. The predicted molar refractivity (Wildman–Crippen MR) is 143 cm³/mol. The van der Waals surface area contributed by atoms with Crippen LogP contribution in [0.5, 0.6) is 0 Å². The monoisotopic (exact) mass is 509 g/mol. The number of nitrogen functional groups attached to an aromatic ring is 1. The van der Waals surface area contributed by atoms with Crippen molar-refractivity contribution in [3.8, 4) is 11.1 Å². The van der Waals surface area contributed by atoms with Gasteiger partial charge in [0, 0.05) is 42.8 Å². The molecule has 10 heteroatoms. The molecular weight excluding hydrogens is 478 g/mol. The number of methoxy groups -OCH3 is 1. The van der Waals surface area contributed by atoms with E-state index in [0.717, 1.165) is 18.5 Å². The van der Waals surface area contributed by atoms with Gasteiger partial charge in [-0.2, -0.15) is 0 Å². The normalized spacial score (nSPS) is 11.2. The topological polar surface area (TPSA) is 152 Å². The van der Waals surface area contributed by atoms with Gasteiger partial charge in [0.15, 0.2) is 0 Å². The highest BCUT2D eigenvalue weighted by atomic mass is 32.2. The lowest BCUT2D eigenvalue weighted by Crippen LogP contribution is -2.34. The molecule has 0 aliphatic carbocycles. The molecule has 0 unspecified atom stereocenters. The Morgan fingerprint density at radius 3 is 2.42 bits per heavy atom. The average molecular weight is 510 g/mol. The van der Waals surface area contributed by atoms with E-state index in [1.54, 1.807) is 61.7 Å². The molecule has 0 radical (unpaired) electrons. The highest BCUT2D eigenvalue weighted by Gasteiger charge is 2.16. The molecule has 0 aliphatic rings. The lowest BCUT2D eigenvalue weighted by atomic mass is 10.1. The van der Waals surface area contributed by atoms with Gasteiger partial charge >= 0.3 is 0 Å². The highest BCUT2D eigenvalue weighted by molar-refractivity contribution is 7.89. The maximum Gasteiger partial charge on any atom is 0.243 e. The van der Waals surface area contributed by atoms with Gasteiger partial charge in [-0.25, -0.2) is 13.6 Å². The molecule has 3 aromatic rings. The zero-order valence-corrected chi connectivity index (χ0v) is 20.9. The minimum absolute atomic E-state index is 0.0373. The van der Waals surface area contributed by atoms with Crippen LogP contribution in [-0.2, 0) is 19.6 Å². The summed E-state index contributed by atoms with van der Waals surface area (Å²) in [5.41, 5.74) is 8.76. The fraction of sp³-hybridized carbons (Fsp3) is 0.231. The van der Waals surface area contributed by atoms with E-state index in [2.05, 4.69) is 5.32 Å². The fourth-order valence-corrected chi connectivity index (χ4v) is 4.54. The minimum Gasteiger partial charge on any atom is -0.385 e. The Hall–Kier alpha value is -3.73. The first-order chi connectivity index (χ1) is 17.2. The number of hydrogen-bond acceptors (Lipinski definition) is 6. The second-order valence-corrected chi connectivity index (χ2v) is 9.78. The molecule has 0 bridgehead atoms. The van der Waals surface area contributed by atoms with Crippen molar-refractivity contribution in [3.05, 3.63) is 78.4 Å². The average Bonchev–Trinajstić information content (AvgIpc) is 2.86. The third kappa shape index (κ3) is 7.38. The molecule has 3 rings (SSSR count). The number of benzene rings is 3. The lowest BCUT2D eigenvalue weighted by Gasteiger charge is -2.25. The van der Waals surface area contributed by atoms with Gasteiger partial charge in [-0.1, -0.05) is 42.5 Å². The van der Waals surface area contributed by atoms with Crippen LogP contribution in [0.15, 0.2) is 77.7 Å². The number of nitrogens with zero attached hydrogens (tertiary/aromatic N) is 1. The molecule has 0 saturated heterocycles.